The van der Waals surface area contributed by atoms with E-state index in [1.54, 1.807) is 0 Å². The summed E-state index contributed by atoms with van der Waals surface area (Å²) in [5.41, 5.74) is 0. The normalized spacial score (nSPS) is 23.5. The van der Waals surface area contributed by atoms with E-state index in [0.717, 1.165) is 45.2 Å². The molecule has 0 radical (unpaired) electrons. The fourth-order valence-electron chi connectivity index (χ4n) is 2.17. The highest BCUT2D eigenvalue weighted by atomic mass is 16.5. The lowest BCUT2D eigenvalue weighted by atomic mass is 9.97. The maximum Gasteiger partial charge on any atom is 0.0593 e. The Labute approximate surface area is 106 Å². The van der Waals surface area contributed by atoms with Crippen LogP contribution in [0.15, 0.2) is 12.7 Å². The van der Waals surface area contributed by atoms with Crippen LogP contribution in [0.25, 0.3) is 0 Å². The molecule has 0 bridgehead atoms. The van der Waals surface area contributed by atoms with Gasteiger partial charge in [-0.2, -0.15) is 0 Å². The van der Waals surface area contributed by atoms with Crippen LogP contribution < -0.4 is 5.32 Å². The van der Waals surface area contributed by atoms with Crippen molar-refractivity contribution in [1.29, 1.82) is 0 Å². The van der Waals surface area contributed by atoms with Gasteiger partial charge in [0.05, 0.1) is 13.2 Å². The first-order chi connectivity index (χ1) is 8.27. The molecule has 1 aliphatic heterocycles. The minimum Gasteiger partial charge on any atom is -0.380 e. The number of ether oxygens (including phenoxy) is 1. The summed E-state index contributed by atoms with van der Waals surface area (Å²) in [6, 6.07) is 0.655. The summed E-state index contributed by atoms with van der Waals surface area (Å²) in [4.78, 5) is 2.52. The molecule has 1 aliphatic rings. The quantitative estimate of drug-likeness (QED) is 0.518. The molecule has 2 unspecified atom stereocenters. The van der Waals surface area contributed by atoms with E-state index in [9.17, 15) is 0 Å². The van der Waals surface area contributed by atoms with Crippen LogP contribution in [0.1, 0.15) is 26.7 Å². The van der Waals surface area contributed by atoms with Crippen LogP contribution in [-0.4, -0.2) is 50.3 Å². The Morgan fingerprint density at radius 2 is 2.35 bits per heavy atom. The molecule has 0 amide bonds. The first-order valence-corrected chi connectivity index (χ1v) is 6.92. The van der Waals surface area contributed by atoms with Gasteiger partial charge in [-0.25, -0.2) is 0 Å². The number of hydrogen-bond donors (Lipinski definition) is 1. The maximum absolute atomic E-state index is 5.57. The molecular weight excluding hydrogens is 212 g/mol. The SMILES string of the molecule is C=CCCOCCN1CCNC(C(C)CC)C1. The average molecular weight is 240 g/mol. The van der Waals surface area contributed by atoms with Crippen LogP contribution in [0.4, 0.5) is 0 Å². The van der Waals surface area contributed by atoms with Gasteiger partial charge in [0, 0.05) is 32.2 Å². The molecule has 17 heavy (non-hydrogen) atoms. The predicted molar refractivity (Wildman–Crippen MR) is 73.3 cm³/mol. The van der Waals surface area contributed by atoms with Crippen molar-refractivity contribution < 1.29 is 4.74 Å². The van der Waals surface area contributed by atoms with Crippen molar-refractivity contribution in [2.75, 3.05) is 39.4 Å². The van der Waals surface area contributed by atoms with Gasteiger partial charge in [0.2, 0.25) is 0 Å². The maximum atomic E-state index is 5.57. The topological polar surface area (TPSA) is 24.5 Å². The molecule has 0 saturated carbocycles. The van der Waals surface area contributed by atoms with Crippen molar-refractivity contribution in [1.82, 2.24) is 10.2 Å². The minimum absolute atomic E-state index is 0.655. The number of nitrogens with one attached hydrogen (secondary N) is 1. The molecule has 100 valence electrons. The van der Waals surface area contributed by atoms with Crippen molar-refractivity contribution in [2.45, 2.75) is 32.7 Å². The summed E-state index contributed by atoms with van der Waals surface area (Å²) >= 11 is 0. The molecule has 0 aromatic heterocycles. The van der Waals surface area contributed by atoms with Gasteiger partial charge in [-0.1, -0.05) is 26.3 Å². The zero-order valence-electron chi connectivity index (χ0n) is 11.5. The Balaban J connectivity index is 2.14. The van der Waals surface area contributed by atoms with Crippen LogP contribution in [0, 0.1) is 5.92 Å². The van der Waals surface area contributed by atoms with Crippen LogP contribution in [0.3, 0.4) is 0 Å². The number of nitrogens with zero attached hydrogens (tertiary/aromatic N) is 1. The number of piperazine rings is 1. The van der Waals surface area contributed by atoms with Crippen molar-refractivity contribution in [2.24, 2.45) is 5.92 Å². The summed E-state index contributed by atoms with van der Waals surface area (Å²) < 4.78 is 5.57. The Bertz CT molecular complexity index is 208. The zero-order valence-corrected chi connectivity index (χ0v) is 11.5. The second-order valence-electron chi connectivity index (χ2n) is 4.94. The number of rotatable bonds is 8. The lowest BCUT2D eigenvalue weighted by Gasteiger charge is -2.36. The Morgan fingerprint density at radius 1 is 1.53 bits per heavy atom. The second-order valence-corrected chi connectivity index (χ2v) is 4.94. The number of hydrogen-bond acceptors (Lipinski definition) is 3. The fraction of sp³-hybridized carbons (Fsp3) is 0.857. The first kappa shape index (κ1) is 14.7. The van der Waals surface area contributed by atoms with Crippen molar-refractivity contribution in [3.05, 3.63) is 12.7 Å². The van der Waals surface area contributed by atoms with Gasteiger partial charge >= 0.3 is 0 Å². The highest BCUT2D eigenvalue weighted by Gasteiger charge is 2.22. The highest BCUT2D eigenvalue weighted by Crippen LogP contribution is 2.11. The molecule has 1 saturated heterocycles. The van der Waals surface area contributed by atoms with E-state index in [0.29, 0.717) is 6.04 Å². The molecule has 3 nitrogen and oxygen atoms in total. The zero-order chi connectivity index (χ0) is 12.5. The van der Waals surface area contributed by atoms with Gasteiger partial charge in [-0.3, -0.25) is 4.90 Å². The Hall–Kier alpha value is -0.380. The molecule has 1 N–H and O–H groups in total. The molecule has 0 aromatic rings. The third kappa shape index (κ3) is 5.66. The lowest BCUT2D eigenvalue weighted by molar-refractivity contribution is 0.0879. The van der Waals surface area contributed by atoms with Crippen molar-refractivity contribution in [3.63, 3.8) is 0 Å². The van der Waals surface area contributed by atoms with Gasteiger partial charge in [0.1, 0.15) is 0 Å². The molecule has 3 heteroatoms. The van der Waals surface area contributed by atoms with E-state index in [4.69, 9.17) is 4.74 Å². The van der Waals surface area contributed by atoms with Crippen LogP contribution in [0.5, 0.6) is 0 Å². The summed E-state index contributed by atoms with van der Waals surface area (Å²) in [5, 5.41) is 3.61. The van der Waals surface area contributed by atoms with Gasteiger partial charge in [-0.05, 0) is 12.3 Å². The summed E-state index contributed by atoms with van der Waals surface area (Å²) in [7, 11) is 0. The molecule has 0 aromatic carbocycles. The van der Waals surface area contributed by atoms with Crippen LogP contribution in [-0.2, 0) is 4.74 Å². The summed E-state index contributed by atoms with van der Waals surface area (Å²) in [6.45, 7) is 14.4. The predicted octanol–water partition coefficient (Wildman–Crippen LogP) is 1.90. The van der Waals surface area contributed by atoms with Crippen molar-refractivity contribution in [3.8, 4) is 0 Å². The average Bonchev–Trinajstić information content (AvgIpc) is 2.38. The van der Waals surface area contributed by atoms with Crippen LogP contribution in [0.2, 0.25) is 0 Å². The Morgan fingerprint density at radius 3 is 3.06 bits per heavy atom. The standard InChI is InChI=1S/C14H28N2O/c1-4-6-10-17-11-9-16-8-7-15-14(12-16)13(3)5-2/h4,13-15H,1,5-12H2,2-3H3. The first-order valence-electron chi connectivity index (χ1n) is 6.92. The third-order valence-electron chi connectivity index (χ3n) is 3.64. The highest BCUT2D eigenvalue weighted by molar-refractivity contribution is 4.81. The molecule has 2 atom stereocenters. The Kier molecular flexibility index (Phi) is 7.49. The van der Waals surface area contributed by atoms with E-state index < -0.39 is 0 Å². The van der Waals surface area contributed by atoms with Crippen LogP contribution >= 0.6 is 0 Å². The third-order valence-corrected chi connectivity index (χ3v) is 3.64. The molecule has 0 aliphatic carbocycles. The molecular formula is C14H28N2O. The minimum atomic E-state index is 0.655. The van der Waals surface area contributed by atoms with Crippen molar-refractivity contribution >= 4 is 0 Å². The molecule has 1 heterocycles. The van der Waals surface area contributed by atoms with E-state index in [1.807, 2.05) is 6.08 Å². The van der Waals surface area contributed by atoms with E-state index in [2.05, 4.69) is 30.6 Å². The van der Waals surface area contributed by atoms with Gasteiger partial charge in [0.25, 0.3) is 0 Å². The largest absolute Gasteiger partial charge is 0.380 e. The van der Waals surface area contributed by atoms with E-state index in [1.165, 1.54) is 13.0 Å². The lowest BCUT2D eigenvalue weighted by Crippen LogP contribution is -2.53. The van der Waals surface area contributed by atoms with E-state index >= 15 is 0 Å². The second kappa shape index (κ2) is 8.67. The van der Waals surface area contributed by atoms with Gasteiger partial charge < -0.3 is 10.1 Å². The summed E-state index contributed by atoms with van der Waals surface area (Å²) in [6.07, 6.45) is 4.11. The summed E-state index contributed by atoms with van der Waals surface area (Å²) in [5.74, 6) is 0.763. The monoisotopic (exact) mass is 240 g/mol. The molecule has 1 rings (SSSR count). The molecule has 1 fully saturated rings. The smallest absolute Gasteiger partial charge is 0.0593 e. The fourth-order valence-corrected chi connectivity index (χ4v) is 2.17. The molecule has 0 spiro atoms. The van der Waals surface area contributed by atoms with E-state index in [-0.39, 0.29) is 0 Å². The van der Waals surface area contributed by atoms with Gasteiger partial charge in [-0.15, -0.1) is 6.58 Å². The van der Waals surface area contributed by atoms with Gasteiger partial charge in [0.15, 0.2) is 0 Å².